The van der Waals surface area contributed by atoms with Gasteiger partial charge in [-0.05, 0) is 19.1 Å². The fourth-order valence-electron chi connectivity index (χ4n) is 1.80. The van der Waals surface area contributed by atoms with Crippen LogP contribution in [-0.4, -0.2) is 29.4 Å². The van der Waals surface area contributed by atoms with E-state index in [0.29, 0.717) is 30.1 Å². The van der Waals surface area contributed by atoms with Crippen LogP contribution in [0.2, 0.25) is 0 Å². The van der Waals surface area contributed by atoms with Crippen molar-refractivity contribution in [3.05, 3.63) is 41.7 Å². The third kappa shape index (κ3) is 3.36. The van der Waals surface area contributed by atoms with Gasteiger partial charge in [-0.25, -0.2) is 0 Å². The van der Waals surface area contributed by atoms with E-state index in [0.717, 1.165) is 5.56 Å². The van der Waals surface area contributed by atoms with Crippen LogP contribution < -0.4 is 11.1 Å². The second kappa shape index (κ2) is 6.21. The van der Waals surface area contributed by atoms with Gasteiger partial charge in [0.1, 0.15) is 0 Å². The molecule has 1 aromatic carbocycles. The molecule has 0 saturated carbocycles. The number of methoxy groups -OCH3 is 1. The van der Waals surface area contributed by atoms with Crippen LogP contribution in [0.4, 0.5) is 11.4 Å². The van der Waals surface area contributed by atoms with E-state index in [4.69, 9.17) is 10.5 Å². The predicted molar refractivity (Wildman–Crippen MR) is 77.6 cm³/mol. The molecule has 0 aliphatic carbocycles. The fraction of sp³-hybridized carbons (Fsp3) is 0.286. The van der Waals surface area contributed by atoms with Gasteiger partial charge in [0.05, 0.1) is 30.6 Å². The molecule has 2 rings (SSSR count). The molecule has 0 bridgehead atoms. The first-order valence-electron chi connectivity index (χ1n) is 6.29. The molecule has 1 amide bonds. The highest BCUT2D eigenvalue weighted by Crippen LogP contribution is 2.16. The van der Waals surface area contributed by atoms with E-state index in [1.165, 1.54) is 0 Å². The maximum absolute atomic E-state index is 12.2. The SMILES string of the molecule is COCCn1cc(NC(=O)c2cc(C)ccc2N)cn1. The number of rotatable bonds is 5. The molecule has 6 nitrogen and oxygen atoms in total. The van der Waals surface area contributed by atoms with Crippen molar-refractivity contribution in [2.45, 2.75) is 13.5 Å². The highest BCUT2D eigenvalue weighted by molar-refractivity contribution is 6.07. The van der Waals surface area contributed by atoms with Crippen molar-refractivity contribution in [3.8, 4) is 0 Å². The molecule has 6 heteroatoms. The summed E-state index contributed by atoms with van der Waals surface area (Å²) in [5, 5.41) is 6.91. The summed E-state index contributed by atoms with van der Waals surface area (Å²) in [6.07, 6.45) is 3.35. The van der Waals surface area contributed by atoms with Crippen molar-refractivity contribution < 1.29 is 9.53 Å². The maximum Gasteiger partial charge on any atom is 0.257 e. The molecule has 0 spiro atoms. The Morgan fingerprint density at radius 3 is 3.05 bits per heavy atom. The van der Waals surface area contributed by atoms with Crippen LogP contribution in [-0.2, 0) is 11.3 Å². The Morgan fingerprint density at radius 1 is 1.50 bits per heavy atom. The Labute approximate surface area is 117 Å². The van der Waals surface area contributed by atoms with E-state index < -0.39 is 0 Å². The van der Waals surface area contributed by atoms with E-state index >= 15 is 0 Å². The molecule has 3 N–H and O–H groups in total. The van der Waals surface area contributed by atoms with Crippen LogP contribution in [0.25, 0.3) is 0 Å². The lowest BCUT2D eigenvalue weighted by Gasteiger charge is -2.06. The summed E-state index contributed by atoms with van der Waals surface area (Å²) < 4.78 is 6.68. The fourth-order valence-corrected chi connectivity index (χ4v) is 1.80. The lowest BCUT2D eigenvalue weighted by molar-refractivity contribution is 0.102. The second-order valence-electron chi connectivity index (χ2n) is 4.53. The van der Waals surface area contributed by atoms with Crippen molar-refractivity contribution in [1.29, 1.82) is 0 Å². The summed E-state index contributed by atoms with van der Waals surface area (Å²) in [5.41, 5.74) is 8.36. The van der Waals surface area contributed by atoms with Crippen molar-refractivity contribution in [2.75, 3.05) is 24.8 Å². The number of ether oxygens (including phenoxy) is 1. The molecule has 0 saturated heterocycles. The van der Waals surface area contributed by atoms with Crippen molar-refractivity contribution >= 4 is 17.3 Å². The number of nitrogens with two attached hydrogens (primary N) is 1. The summed E-state index contributed by atoms with van der Waals surface area (Å²) in [6, 6.07) is 5.36. The highest BCUT2D eigenvalue weighted by Gasteiger charge is 2.11. The quantitative estimate of drug-likeness (QED) is 0.813. The normalized spacial score (nSPS) is 10.5. The molecule has 0 aliphatic rings. The minimum Gasteiger partial charge on any atom is -0.398 e. The zero-order valence-electron chi connectivity index (χ0n) is 11.6. The number of aromatic nitrogens is 2. The number of amides is 1. The van der Waals surface area contributed by atoms with Gasteiger partial charge in [-0.15, -0.1) is 0 Å². The molecule has 0 aliphatic heterocycles. The number of nitrogens with zero attached hydrogens (tertiary/aromatic N) is 2. The summed E-state index contributed by atoms with van der Waals surface area (Å²) in [7, 11) is 1.63. The van der Waals surface area contributed by atoms with Crippen LogP contribution >= 0.6 is 0 Å². The van der Waals surface area contributed by atoms with Crippen LogP contribution in [0.15, 0.2) is 30.6 Å². The number of aryl methyl sites for hydroxylation is 1. The van der Waals surface area contributed by atoms with E-state index in [9.17, 15) is 4.79 Å². The topological polar surface area (TPSA) is 82.2 Å². The highest BCUT2D eigenvalue weighted by atomic mass is 16.5. The molecule has 106 valence electrons. The predicted octanol–water partition coefficient (Wildman–Crippen LogP) is 1.67. The molecular weight excluding hydrogens is 256 g/mol. The average molecular weight is 274 g/mol. The first-order valence-corrected chi connectivity index (χ1v) is 6.29. The molecule has 0 unspecified atom stereocenters. The Kier molecular flexibility index (Phi) is 4.37. The van der Waals surface area contributed by atoms with Crippen LogP contribution in [0, 0.1) is 6.92 Å². The van der Waals surface area contributed by atoms with Crippen LogP contribution in [0.5, 0.6) is 0 Å². The van der Waals surface area contributed by atoms with E-state index in [-0.39, 0.29) is 5.91 Å². The van der Waals surface area contributed by atoms with Gasteiger partial charge in [0.25, 0.3) is 5.91 Å². The lowest BCUT2D eigenvalue weighted by atomic mass is 10.1. The largest absolute Gasteiger partial charge is 0.398 e. The van der Waals surface area contributed by atoms with Gasteiger partial charge in [0, 0.05) is 19.0 Å². The minimum atomic E-state index is -0.238. The van der Waals surface area contributed by atoms with Gasteiger partial charge in [-0.3, -0.25) is 9.48 Å². The zero-order valence-corrected chi connectivity index (χ0v) is 11.6. The van der Waals surface area contributed by atoms with Gasteiger partial charge >= 0.3 is 0 Å². The number of hydrogen-bond donors (Lipinski definition) is 2. The van der Waals surface area contributed by atoms with Crippen LogP contribution in [0.3, 0.4) is 0 Å². The third-order valence-corrected chi connectivity index (χ3v) is 2.87. The molecular formula is C14H18N4O2. The van der Waals surface area contributed by atoms with E-state index in [1.807, 2.05) is 13.0 Å². The van der Waals surface area contributed by atoms with E-state index in [2.05, 4.69) is 10.4 Å². The van der Waals surface area contributed by atoms with Gasteiger partial charge in [-0.2, -0.15) is 5.10 Å². The summed E-state index contributed by atoms with van der Waals surface area (Å²) >= 11 is 0. The monoisotopic (exact) mass is 274 g/mol. The number of nitrogen functional groups attached to an aromatic ring is 1. The standard InChI is InChI=1S/C14H18N4O2/c1-10-3-4-13(15)12(7-10)14(19)17-11-8-16-18(9-11)5-6-20-2/h3-4,7-9H,5-6,15H2,1-2H3,(H,17,19). The second-order valence-corrected chi connectivity index (χ2v) is 4.53. The van der Waals surface area contributed by atoms with Crippen molar-refractivity contribution in [3.63, 3.8) is 0 Å². The number of hydrogen-bond acceptors (Lipinski definition) is 4. The Balaban J connectivity index is 2.07. The first kappa shape index (κ1) is 14.1. The average Bonchev–Trinajstić information content (AvgIpc) is 2.86. The molecule has 0 atom stereocenters. The molecule has 0 radical (unpaired) electrons. The third-order valence-electron chi connectivity index (χ3n) is 2.87. The molecule has 2 aromatic rings. The minimum absolute atomic E-state index is 0.238. The summed E-state index contributed by atoms with van der Waals surface area (Å²) in [5.74, 6) is -0.238. The smallest absolute Gasteiger partial charge is 0.257 e. The Bertz CT molecular complexity index is 607. The number of nitrogens with one attached hydrogen (secondary N) is 1. The molecule has 20 heavy (non-hydrogen) atoms. The lowest BCUT2D eigenvalue weighted by Crippen LogP contribution is -2.14. The molecule has 1 heterocycles. The van der Waals surface area contributed by atoms with Gasteiger partial charge in [0.15, 0.2) is 0 Å². The Morgan fingerprint density at radius 2 is 2.30 bits per heavy atom. The first-order chi connectivity index (χ1) is 9.60. The van der Waals surface area contributed by atoms with Gasteiger partial charge < -0.3 is 15.8 Å². The number of carbonyl (C=O) groups excluding carboxylic acids is 1. The molecule has 0 fully saturated rings. The summed E-state index contributed by atoms with van der Waals surface area (Å²) in [4.78, 5) is 12.2. The number of benzene rings is 1. The number of anilines is 2. The maximum atomic E-state index is 12.2. The Hall–Kier alpha value is -2.34. The van der Waals surface area contributed by atoms with Gasteiger partial charge in [-0.1, -0.05) is 11.6 Å². The zero-order chi connectivity index (χ0) is 14.5. The molecule has 1 aromatic heterocycles. The summed E-state index contributed by atoms with van der Waals surface area (Å²) in [6.45, 7) is 3.12. The number of carbonyl (C=O) groups is 1. The van der Waals surface area contributed by atoms with Crippen molar-refractivity contribution in [2.24, 2.45) is 0 Å². The van der Waals surface area contributed by atoms with Gasteiger partial charge in [0.2, 0.25) is 0 Å². The van der Waals surface area contributed by atoms with Crippen LogP contribution in [0.1, 0.15) is 15.9 Å². The van der Waals surface area contributed by atoms with E-state index in [1.54, 1.807) is 36.3 Å². The van der Waals surface area contributed by atoms with Crippen molar-refractivity contribution in [1.82, 2.24) is 9.78 Å².